The lowest BCUT2D eigenvalue weighted by molar-refractivity contribution is -0.137. The van der Waals surface area contributed by atoms with E-state index in [0.29, 0.717) is 9.54 Å². The summed E-state index contributed by atoms with van der Waals surface area (Å²) in [5.41, 5.74) is -1.26. The third-order valence-electron chi connectivity index (χ3n) is 5.64. The molecular weight excluding hydrogens is 515 g/mol. The molecular formula is C25H21F3NO5S2+. The SMILES string of the molecule is CC(C)(C)c1cccc(S(=O)(=O)n2c(C(=O)[s+]3cccc3C(=O)O)cc3cc(C(F)(F)F)ccc32)c1. The van der Waals surface area contributed by atoms with Gasteiger partial charge in [0, 0.05) is 11.5 Å². The topological polar surface area (TPSA) is 93.4 Å². The number of thiophene rings is 1. The molecule has 0 aliphatic heterocycles. The first-order valence-corrected chi connectivity index (χ1v) is 13.3. The molecule has 2 aromatic heterocycles. The van der Waals surface area contributed by atoms with E-state index in [1.54, 1.807) is 12.1 Å². The molecule has 188 valence electrons. The van der Waals surface area contributed by atoms with Gasteiger partial charge >= 0.3 is 17.3 Å². The number of hydrogen-bond acceptors (Lipinski definition) is 4. The van der Waals surface area contributed by atoms with E-state index < -0.39 is 54.4 Å². The number of aromatic nitrogens is 1. The maximum Gasteiger partial charge on any atom is 0.416 e. The summed E-state index contributed by atoms with van der Waals surface area (Å²) in [5.74, 6) is -1.35. The van der Waals surface area contributed by atoms with Gasteiger partial charge < -0.3 is 5.11 Å². The van der Waals surface area contributed by atoms with Gasteiger partial charge in [0.05, 0.1) is 26.4 Å². The van der Waals surface area contributed by atoms with Crippen molar-refractivity contribution < 1.29 is 36.3 Å². The average Bonchev–Trinajstić information content (AvgIpc) is 3.42. The van der Waals surface area contributed by atoms with E-state index in [0.717, 1.165) is 24.3 Å². The number of carbonyl (C=O) groups is 2. The molecule has 4 rings (SSSR count). The zero-order valence-corrected chi connectivity index (χ0v) is 21.0. The molecule has 0 fully saturated rings. The zero-order chi connectivity index (χ0) is 26.6. The van der Waals surface area contributed by atoms with E-state index in [1.165, 1.54) is 29.6 Å². The number of carboxylic acids is 1. The van der Waals surface area contributed by atoms with E-state index in [1.807, 2.05) is 20.8 Å². The lowest BCUT2D eigenvalue weighted by Crippen LogP contribution is -2.19. The maximum atomic E-state index is 13.9. The molecule has 2 aromatic carbocycles. The number of aromatic carboxylic acids is 1. The lowest BCUT2D eigenvalue weighted by atomic mass is 9.87. The number of carbonyl (C=O) groups excluding carboxylic acids is 1. The first-order valence-electron chi connectivity index (χ1n) is 10.6. The van der Waals surface area contributed by atoms with Gasteiger partial charge in [-0.25, -0.2) is 22.0 Å². The van der Waals surface area contributed by atoms with Gasteiger partial charge in [0.2, 0.25) is 0 Å². The van der Waals surface area contributed by atoms with E-state index in [4.69, 9.17) is 0 Å². The van der Waals surface area contributed by atoms with Gasteiger partial charge in [-0.3, -0.25) is 0 Å². The Balaban J connectivity index is 2.03. The first kappa shape index (κ1) is 25.6. The Morgan fingerprint density at radius 1 is 0.917 bits per heavy atom. The fourth-order valence-electron chi connectivity index (χ4n) is 3.79. The lowest BCUT2D eigenvalue weighted by Gasteiger charge is -2.20. The van der Waals surface area contributed by atoms with Crippen molar-refractivity contribution in [2.45, 2.75) is 37.3 Å². The van der Waals surface area contributed by atoms with Crippen LogP contribution in [-0.4, -0.2) is 28.6 Å². The van der Waals surface area contributed by atoms with Crippen LogP contribution in [-0.2, 0) is 21.6 Å². The number of alkyl halides is 3. The largest absolute Gasteiger partial charge is 0.474 e. The van der Waals surface area contributed by atoms with Crippen molar-refractivity contribution in [3.05, 3.63) is 87.7 Å². The molecule has 0 saturated heterocycles. The molecule has 0 spiro atoms. The van der Waals surface area contributed by atoms with Gasteiger partial charge in [0.25, 0.3) is 14.9 Å². The van der Waals surface area contributed by atoms with Crippen molar-refractivity contribution in [1.82, 2.24) is 3.97 Å². The molecule has 2 heterocycles. The van der Waals surface area contributed by atoms with Crippen LogP contribution in [0.1, 0.15) is 52.1 Å². The summed E-state index contributed by atoms with van der Waals surface area (Å²) in [6.07, 6.45) is -4.68. The highest BCUT2D eigenvalue weighted by Crippen LogP contribution is 2.37. The number of rotatable bonds is 5. The minimum Gasteiger partial charge on any atom is -0.474 e. The van der Waals surface area contributed by atoms with Crippen molar-refractivity contribution in [1.29, 1.82) is 0 Å². The highest BCUT2D eigenvalue weighted by atomic mass is 32.2. The molecule has 36 heavy (non-hydrogen) atoms. The van der Waals surface area contributed by atoms with Crippen LogP contribution in [0.4, 0.5) is 13.2 Å². The van der Waals surface area contributed by atoms with E-state index in [-0.39, 0.29) is 20.7 Å². The number of fused-ring (bicyclic) bond motifs is 1. The molecule has 1 N–H and O–H groups in total. The number of benzene rings is 2. The fraction of sp³-hybridized carbons (Fsp3) is 0.200. The van der Waals surface area contributed by atoms with E-state index >= 15 is 0 Å². The van der Waals surface area contributed by atoms with Gasteiger partial charge in [0.1, 0.15) is 5.38 Å². The van der Waals surface area contributed by atoms with Crippen molar-refractivity contribution in [2.75, 3.05) is 0 Å². The Bertz CT molecular complexity index is 1620. The standard InChI is InChI=1S/C25H20F3NO5S2/c1-24(2,3)16-6-4-7-18(14-16)36(33,34)29-19-10-9-17(25(26,27)28)12-15(19)13-20(29)23(32)35-11-5-8-21(35)22(30)31/h4-14H,1-3H3/p+1. The Hall–Kier alpha value is -3.44. The summed E-state index contributed by atoms with van der Waals surface area (Å²) in [6, 6.07) is 12.3. The molecule has 0 amide bonds. The van der Waals surface area contributed by atoms with Gasteiger partial charge in [-0.2, -0.15) is 13.2 Å². The second kappa shape index (κ2) is 8.59. The molecule has 0 aliphatic rings. The summed E-state index contributed by atoms with van der Waals surface area (Å²) in [7, 11) is -6.09. The van der Waals surface area contributed by atoms with Crippen LogP contribution in [0.5, 0.6) is 0 Å². The Morgan fingerprint density at radius 2 is 1.61 bits per heavy atom. The monoisotopic (exact) mass is 536 g/mol. The molecule has 6 nitrogen and oxygen atoms in total. The highest BCUT2D eigenvalue weighted by Gasteiger charge is 2.37. The van der Waals surface area contributed by atoms with Gasteiger partial charge in [-0.05, 0) is 53.4 Å². The van der Waals surface area contributed by atoms with Gasteiger partial charge in [0.15, 0.2) is 5.69 Å². The van der Waals surface area contributed by atoms with Crippen LogP contribution in [0, 0.1) is 0 Å². The van der Waals surface area contributed by atoms with Crippen molar-refractivity contribution >= 4 is 42.5 Å². The van der Waals surface area contributed by atoms with Gasteiger partial charge in [-0.1, -0.05) is 32.9 Å². The summed E-state index contributed by atoms with van der Waals surface area (Å²) in [5, 5.41) is 9.84. The maximum absolute atomic E-state index is 13.9. The minimum atomic E-state index is -4.68. The number of carboxylic acid groups (broad SMARTS) is 1. The van der Waals surface area contributed by atoms with Crippen LogP contribution in [0.3, 0.4) is 0 Å². The molecule has 4 aromatic rings. The van der Waals surface area contributed by atoms with Crippen LogP contribution in [0.2, 0.25) is 0 Å². The second-order valence-electron chi connectivity index (χ2n) is 9.14. The zero-order valence-electron chi connectivity index (χ0n) is 19.3. The fourth-order valence-corrected chi connectivity index (χ4v) is 6.90. The molecule has 0 aliphatic carbocycles. The Kier molecular flexibility index (Phi) is 6.12. The highest BCUT2D eigenvalue weighted by molar-refractivity contribution is 7.90. The van der Waals surface area contributed by atoms with E-state index in [9.17, 15) is 36.3 Å². The van der Waals surface area contributed by atoms with Crippen molar-refractivity contribution in [2.24, 2.45) is 0 Å². The second-order valence-corrected chi connectivity index (χ2v) is 12.7. The molecule has 1 unspecified atom stereocenters. The summed E-state index contributed by atoms with van der Waals surface area (Å²) in [6.45, 7) is 5.68. The molecule has 11 heteroatoms. The van der Waals surface area contributed by atoms with Crippen LogP contribution in [0.25, 0.3) is 10.9 Å². The third-order valence-corrected chi connectivity index (χ3v) is 9.19. The molecule has 0 saturated carbocycles. The molecule has 1 atom stereocenters. The van der Waals surface area contributed by atoms with Crippen molar-refractivity contribution in [3.8, 4) is 0 Å². The van der Waals surface area contributed by atoms with E-state index in [2.05, 4.69) is 0 Å². The van der Waals surface area contributed by atoms with Crippen molar-refractivity contribution in [3.63, 3.8) is 0 Å². The number of nitrogens with zero attached hydrogens (tertiary/aromatic N) is 1. The quantitative estimate of drug-likeness (QED) is 0.301. The number of hydrogen-bond donors (Lipinski definition) is 1. The summed E-state index contributed by atoms with van der Waals surface area (Å²) >= 11 is 0. The average molecular weight is 537 g/mol. The van der Waals surface area contributed by atoms with Crippen LogP contribution in [0.15, 0.2) is 70.9 Å². The molecule has 0 radical (unpaired) electrons. The minimum absolute atomic E-state index is 0.114. The third kappa shape index (κ3) is 4.44. The number of halogens is 3. The Morgan fingerprint density at radius 3 is 2.22 bits per heavy atom. The smallest absolute Gasteiger partial charge is 0.416 e. The summed E-state index contributed by atoms with van der Waals surface area (Å²) in [4.78, 5) is 24.7. The predicted molar refractivity (Wildman–Crippen MR) is 130 cm³/mol. The van der Waals surface area contributed by atoms with Crippen LogP contribution >= 0.6 is 10.5 Å². The molecule has 0 bridgehead atoms. The summed E-state index contributed by atoms with van der Waals surface area (Å²) < 4.78 is 68.5. The van der Waals surface area contributed by atoms with Crippen LogP contribution < -0.4 is 0 Å². The normalized spacial score (nSPS) is 13.2. The van der Waals surface area contributed by atoms with Gasteiger partial charge in [-0.15, -0.1) is 0 Å². The first-order chi connectivity index (χ1) is 16.6. The Labute approximate surface area is 207 Å². The predicted octanol–water partition coefficient (Wildman–Crippen LogP) is 6.33.